The zero-order valence-corrected chi connectivity index (χ0v) is 43.3. The standard InChI is InChI=1S/C54H73N7O16/c1-29-27-61-46(47(29)69)52(74)59-50(72)41(67)26-38(55-42(68)14-10-5-4-6-11-23-77-37-21-17-34(18-22-37)33-12-8-7-9-13-33)48(70)56-43(30(2)62)53(75)60-28-36(65)25-39(60)49(71)58-45(51(73)57-44(31(3)63)54(61)76)40(66)24-32-15-19-35(64)20-16-32/h7-9,12-13,15-22,29-31,36,38-41,43-47,50,62-67,69,72H,4-6,10-11,14,23-28H2,1-3H3,(H,55,68)(H,56,70)(H,57,73)(H,58,71)(H,59,74). The average Bonchev–Trinajstić information content (AvgIpc) is 3.96. The highest BCUT2D eigenvalue weighted by atomic mass is 16.5. The van der Waals surface area contributed by atoms with Crippen LogP contribution in [0.2, 0.25) is 0 Å². The maximum Gasteiger partial charge on any atom is 0.248 e. The number of carbonyl (C=O) groups excluding carboxylic acids is 7. The Hall–Kier alpha value is -6.73. The lowest BCUT2D eigenvalue weighted by Gasteiger charge is -2.33. The molecule has 0 radical (unpaired) electrons. The molecule has 3 aliphatic rings. The minimum Gasteiger partial charge on any atom is -0.508 e. The third-order valence-electron chi connectivity index (χ3n) is 14.1. The van der Waals surface area contributed by atoms with Crippen LogP contribution in [0, 0.1) is 5.92 Å². The van der Waals surface area contributed by atoms with Gasteiger partial charge < -0.3 is 82.0 Å². The molecule has 0 saturated carbocycles. The van der Waals surface area contributed by atoms with Gasteiger partial charge in [0.2, 0.25) is 41.4 Å². The number of amides is 7. The molecule has 3 heterocycles. The molecular formula is C54H73N7O16. The summed E-state index contributed by atoms with van der Waals surface area (Å²) in [6, 6.07) is 12.4. The predicted octanol–water partition coefficient (Wildman–Crippen LogP) is -1.55. The van der Waals surface area contributed by atoms with E-state index in [0.29, 0.717) is 25.0 Å². The van der Waals surface area contributed by atoms with Gasteiger partial charge in [0.05, 0.1) is 37.1 Å². The number of aliphatic hydroxyl groups is 7. The average molecular weight is 1080 g/mol. The van der Waals surface area contributed by atoms with E-state index < -0.39 is 146 Å². The third kappa shape index (κ3) is 15.9. The zero-order valence-electron chi connectivity index (χ0n) is 43.3. The topological polar surface area (TPSA) is 357 Å². The molecule has 3 aromatic rings. The Morgan fingerprint density at radius 1 is 0.662 bits per heavy atom. The van der Waals surface area contributed by atoms with Crippen LogP contribution in [-0.4, -0.2) is 191 Å². The van der Waals surface area contributed by atoms with Crippen LogP contribution in [0.15, 0.2) is 78.9 Å². The molecule has 23 nitrogen and oxygen atoms in total. The highest BCUT2D eigenvalue weighted by Gasteiger charge is 2.50. The second-order valence-electron chi connectivity index (χ2n) is 20.3. The molecular weight excluding hydrogens is 1000 g/mol. The number of aliphatic hydroxyl groups excluding tert-OH is 7. The molecule has 0 spiro atoms. The zero-order chi connectivity index (χ0) is 56.1. The normalized spacial score (nSPS) is 28.2. The SMILES string of the molecule is CC(O)C1NC(=O)C(NC(=O)CCCCCCCOc2ccc(-c3ccccc3)cc2)CC(O)C(O)NC(=O)C2C(O)C(C)CN2C(=O)C(C(C)O)NC(=O)C(C(O)Cc2ccc(O)cc2)NC(=O)C2CC(O)CN2C1=O. The van der Waals surface area contributed by atoms with Crippen LogP contribution in [0.3, 0.4) is 0 Å². The van der Waals surface area contributed by atoms with Gasteiger partial charge in [0.15, 0.2) is 6.23 Å². The number of fused-ring (bicyclic) bond motifs is 2. The molecule has 3 saturated heterocycles. The summed E-state index contributed by atoms with van der Waals surface area (Å²) in [4.78, 5) is 100. The summed E-state index contributed by atoms with van der Waals surface area (Å²) < 4.78 is 5.90. The van der Waals surface area contributed by atoms with Gasteiger partial charge in [0, 0.05) is 44.7 Å². The van der Waals surface area contributed by atoms with Crippen molar-refractivity contribution < 1.29 is 79.2 Å². The van der Waals surface area contributed by atoms with Crippen molar-refractivity contribution >= 4 is 41.4 Å². The molecule has 23 heteroatoms. The monoisotopic (exact) mass is 1080 g/mol. The largest absolute Gasteiger partial charge is 0.508 e. The van der Waals surface area contributed by atoms with Crippen molar-refractivity contribution in [1.29, 1.82) is 0 Å². The number of unbranched alkanes of at least 4 members (excludes halogenated alkanes) is 4. The summed E-state index contributed by atoms with van der Waals surface area (Å²) in [7, 11) is 0. The second-order valence-corrected chi connectivity index (χ2v) is 20.3. The van der Waals surface area contributed by atoms with Crippen LogP contribution in [0.25, 0.3) is 11.1 Å². The number of nitrogens with zero attached hydrogens (tertiary/aromatic N) is 2. The molecule has 0 aliphatic carbocycles. The summed E-state index contributed by atoms with van der Waals surface area (Å²) >= 11 is 0. The van der Waals surface area contributed by atoms with Crippen LogP contribution >= 0.6 is 0 Å². The second kappa shape index (κ2) is 27.5. The number of carbonyl (C=O) groups is 7. The summed E-state index contributed by atoms with van der Waals surface area (Å²) in [5.74, 6) is -7.73. The molecule has 0 bridgehead atoms. The van der Waals surface area contributed by atoms with E-state index in [1.807, 2.05) is 54.6 Å². The van der Waals surface area contributed by atoms with Crippen LogP contribution < -0.4 is 31.3 Å². The van der Waals surface area contributed by atoms with E-state index in [1.165, 1.54) is 31.2 Å². The minimum atomic E-state index is -2.22. The fourth-order valence-corrected chi connectivity index (χ4v) is 9.74. The van der Waals surface area contributed by atoms with Crippen molar-refractivity contribution in [1.82, 2.24) is 36.4 Å². The maximum atomic E-state index is 14.3. The van der Waals surface area contributed by atoms with Crippen molar-refractivity contribution in [3.63, 3.8) is 0 Å². The molecule has 14 atom stereocenters. The first-order chi connectivity index (χ1) is 36.6. The van der Waals surface area contributed by atoms with Crippen molar-refractivity contribution in [2.45, 2.75) is 158 Å². The fourth-order valence-electron chi connectivity index (χ4n) is 9.74. The molecule has 6 rings (SSSR count). The van der Waals surface area contributed by atoms with Gasteiger partial charge in [0.1, 0.15) is 53.9 Å². The Kier molecular flexibility index (Phi) is 21.3. The molecule has 7 amide bonds. The van der Waals surface area contributed by atoms with Crippen LogP contribution in [0.4, 0.5) is 0 Å². The van der Waals surface area contributed by atoms with E-state index in [9.17, 15) is 74.4 Å². The van der Waals surface area contributed by atoms with Crippen molar-refractivity contribution in [3.05, 3.63) is 84.4 Å². The third-order valence-corrected chi connectivity index (χ3v) is 14.1. The van der Waals surface area contributed by atoms with E-state index in [4.69, 9.17) is 4.74 Å². The van der Waals surface area contributed by atoms with E-state index in [1.54, 1.807) is 0 Å². The fraction of sp³-hybridized carbons (Fsp3) is 0.537. The van der Waals surface area contributed by atoms with Crippen molar-refractivity contribution in [2.24, 2.45) is 5.92 Å². The van der Waals surface area contributed by atoms with Gasteiger partial charge >= 0.3 is 0 Å². The van der Waals surface area contributed by atoms with E-state index in [2.05, 4.69) is 26.6 Å². The Labute approximate surface area is 446 Å². The van der Waals surface area contributed by atoms with Crippen molar-refractivity contribution in [3.8, 4) is 22.6 Å². The number of rotatable bonds is 16. The Bertz CT molecular complexity index is 2480. The summed E-state index contributed by atoms with van der Waals surface area (Å²) in [5, 5.41) is 99.6. The lowest BCUT2D eigenvalue weighted by molar-refractivity contribution is -0.148. The quantitative estimate of drug-likeness (QED) is 0.0723. The predicted molar refractivity (Wildman–Crippen MR) is 276 cm³/mol. The number of phenolic OH excluding ortho intramolecular Hbond substituents is 1. The van der Waals surface area contributed by atoms with Gasteiger partial charge in [0.25, 0.3) is 0 Å². The Balaban J connectivity index is 1.19. The van der Waals surface area contributed by atoms with E-state index in [-0.39, 0.29) is 25.1 Å². The smallest absolute Gasteiger partial charge is 0.248 e. The van der Waals surface area contributed by atoms with Crippen LogP contribution in [0.1, 0.15) is 77.7 Å². The number of aromatic hydroxyl groups is 1. The number of hydrogen-bond donors (Lipinski definition) is 13. The molecule has 3 aromatic carbocycles. The van der Waals surface area contributed by atoms with Crippen LogP contribution in [-0.2, 0) is 40.0 Å². The molecule has 3 fully saturated rings. The summed E-state index contributed by atoms with van der Waals surface area (Å²) in [5.41, 5.74) is 2.54. The minimum absolute atomic E-state index is 0.0955. The first-order valence-electron chi connectivity index (χ1n) is 26.1. The highest BCUT2D eigenvalue weighted by molar-refractivity contribution is 5.98. The van der Waals surface area contributed by atoms with E-state index >= 15 is 0 Å². The molecule has 3 aliphatic heterocycles. The highest BCUT2D eigenvalue weighted by Crippen LogP contribution is 2.27. The number of hydrogen-bond acceptors (Lipinski definition) is 16. The van der Waals surface area contributed by atoms with Crippen LogP contribution in [0.5, 0.6) is 11.5 Å². The van der Waals surface area contributed by atoms with E-state index in [0.717, 1.165) is 59.8 Å². The maximum absolute atomic E-state index is 14.3. The van der Waals surface area contributed by atoms with Gasteiger partial charge in [-0.15, -0.1) is 0 Å². The summed E-state index contributed by atoms with van der Waals surface area (Å²) in [6.07, 6.45) is -10.8. The van der Waals surface area contributed by atoms with Gasteiger partial charge in [-0.3, -0.25) is 33.6 Å². The van der Waals surface area contributed by atoms with Gasteiger partial charge in [-0.25, -0.2) is 0 Å². The lowest BCUT2D eigenvalue weighted by atomic mass is 9.99. The molecule has 0 aromatic heterocycles. The van der Waals surface area contributed by atoms with Gasteiger partial charge in [-0.05, 0) is 67.6 Å². The Morgan fingerprint density at radius 2 is 1.25 bits per heavy atom. The molecule has 420 valence electrons. The number of phenols is 1. The Morgan fingerprint density at radius 3 is 1.90 bits per heavy atom. The molecule has 77 heavy (non-hydrogen) atoms. The number of nitrogens with one attached hydrogen (secondary N) is 5. The number of ether oxygens (including phenoxy) is 1. The first kappa shape index (κ1) is 59.5. The number of benzene rings is 3. The molecule has 13 N–H and O–H groups in total. The van der Waals surface area contributed by atoms with Gasteiger partial charge in [-0.2, -0.15) is 0 Å². The summed E-state index contributed by atoms with van der Waals surface area (Å²) in [6.45, 7) is 3.43. The molecule has 14 unspecified atom stereocenters. The van der Waals surface area contributed by atoms with Gasteiger partial charge in [-0.1, -0.05) is 80.8 Å². The first-order valence-corrected chi connectivity index (χ1v) is 26.1. The van der Waals surface area contributed by atoms with Crippen molar-refractivity contribution in [2.75, 3.05) is 19.7 Å². The lowest BCUT2D eigenvalue weighted by Crippen LogP contribution is -2.64.